The molecule has 0 unspecified atom stereocenters. The third-order valence-corrected chi connectivity index (χ3v) is 8.39. The van der Waals surface area contributed by atoms with Crippen LogP contribution in [-0.2, 0) is 16.1 Å². The third-order valence-electron chi connectivity index (χ3n) is 7.94. The maximum Gasteiger partial charge on any atom is 0.448 e. The van der Waals surface area contributed by atoms with Crippen LogP contribution in [-0.4, -0.2) is 106 Å². The smallest absolute Gasteiger partial charge is 0.448 e. The molecule has 13 nitrogen and oxygen atoms in total. The molecule has 1 saturated heterocycles. The zero-order valence-corrected chi connectivity index (χ0v) is 28.8. The number of benzene rings is 1. The van der Waals surface area contributed by atoms with Crippen LogP contribution >= 0.6 is 25.3 Å². The largest absolute Gasteiger partial charge is 0.496 e. The average molecular weight is 692 g/mol. The first-order chi connectivity index (χ1) is 23.3. The number of ether oxygens (including phenoxy) is 2. The van der Waals surface area contributed by atoms with Gasteiger partial charge in [0.2, 0.25) is 11.8 Å². The van der Waals surface area contributed by atoms with Gasteiger partial charge in [0.25, 0.3) is 5.65 Å². The number of nitrogens with zero attached hydrogens (tertiary/aromatic N) is 8. The molecule has 1 aliphatic heterocycles. The molecule has 252 valence electrons. The van der Waals surface area contributed by atoms with Crippen molar-refractivity contribution in [2.45, 2.75) is 25.8 Å². The summed E-state index contributed by atoms with van der Waals surface area (Å²) >= 11 is 8.30. The number of carbonyl (C=O) groups excluding carboxylic acids is 2. The topological polar surface area (TPSA) is 135 Å². The molecule has 3 heterocycles. The lowest BCUT2D eigenvalue weighted by Gasteiger charge is -2.34. The minimum absolute atomic E-state index is 0.128. The number of allylic oxidation sites excluding steroid dienone is 4. The summed E-state index contributed by atoms with van der Waals surface area (Å²) in [4.78, 5) is 60.9. The first-order valence-corrected chi connectivity index (χ1v) is 16.9. The van der Waals surface area contributed by atoms with E-state index in [0.717, 1.165) is 19.6 Å². The standard InChI is InChI=1S/C33H38N8O5S2/c1-45-25-18-24(19-26(20-25)46-2)41-22-23-21-34-32(36-28-7-4-3-6-27(28)35-29(42)8-16-47)37-31(23)40(33(41)44)11-5-10-38-12-14-39(15-13-38)30(43)9-17-48/h3-4,6-7,18-22H,5,8-17H2,1-2H3,(H-,47,48)/p+1. The van der Waals surface area contributed by atoms with Gasteiger partial charge in [0.1, 0.15) is 22.6 Å². The van der Waals surface area contributed by atoms with Crippen LogP contribution in [0.25, 0.3) is 16.7 Å². The van der Waals surface area contributed by atoms with Gasteiger partial charge in [-0.1, -0.05) is 17.1 Å². The van der Waals surface area contributed by atoms with Crippen LogP contribution in [0.4, 0.5) is 5.95 Å². The summed E-state index contributed by atoms with van der Waals surface area (Å²) in [5.41, 5.74) is 1.50. The first kappa shape index (κ1) is 35.0. The Labute approximate surface area is 289 Å². The molecule has 48 heavy (non-hydrogen) atoms. The van der Waals surface area contributed by atoms with Crippen LogP contribution in [0.5, 0.6) is 11.5 Å². The zero-order valence-electron chi connectivity index (χ0n) is 27.0. The number of piperazine rings is 1. The fourth-order valence-corrected chi connectivity index (χ4v) is 5.82. The van der Waals surface area contributed by atoms with Crippen LogP contribution < -0.4 is 19.7 Å². The lowest BCUT2D eigenvalue weighted by Crippen LogP contribution is -2.55. The number of rotatable bonds is 12. The second kappa shape index (κ2) is 16.7. The van der Waals surface area contributed by atoms with Gasteiger partial charge in [0.05, 0.1) is 38.4 Å². The second-order valence-corrected chi connectivity index (χ2v) is 12.0. The Kier molecular flexibility index (Phi) is 12.1. The van der Waals surface area contributed by atoms with Crippen molar-refractivity contribution in [3.8, 4) is 17.2 Å². The minimum atomic E-state index is -0.308. The van der Waals surface area contributed by atoms with E-state index in [4.69, 9.17) is 14.5 Å². The van der Waals surface area contributed by atoms with Crippen LogP contribution in [0, 0.1) is 0 Å². The number of aromatic nitrogens is 4. The molecule has 2 aliphatic rings. The molecule has 0 radical (unpaired) electrons. The van der Waals surface area contributed by atoms with Crippen LogP contribution in [0.3, 0.4) is 0 Å². The van der Waals surface area contributed by atoms with E-state index < -0.39 is 0 Å². The van der Waals surface area contributed by atoms with Gasteiger partial charge in [-0.25, -0.2) is 14.8 Å². The summed E-state index contributed by atoms with van der Waals surface area (Å²) in [7, 11) is 3.11. The number of hydrogen-bond donors (Lipinski definition) is 2. The van der Waals surface area contributed by atoms with Gasteiger partial charge in [0.15, 0.2) is 0 Å². The predicted octanol–water partition coefficient (Wildman–Crippen LogP) is 2.43. The number of aliphatic imine (C=N–C) groups is 2. The molecule has 0 atom stereocenters. The third kappa shape index (κ3) is 8.57. The van der Waals surface area contributed by atoms with Crippen molar-refractivity contribution in [1.29, 1.82) is 0 Å². The summed E-state index contributed by atoms with van der Waals surface area (Å²) in [5, 5.41) is 0.619. The molecule has 2 aromatic heterocycles. The molecular weight excluding hydrogens is 653 g/mol. The Morgan fingerprint density at radius 3 is 2.31 bits per heavy atom. The monoisotopic (exact) mass is 691 g/mol. The number of methoxy groups -OCH3 is 2. The molecule has 1 aliphatic carbocycles. The number of fused-ring (bicyclic) bond motifs is 1. The highest BCUT2D eigenvalue weighted by Gasteiger charge is 2.23. The van der Waals surface area contributed by atoms with Gasteiger partial charge >= 0.3 is 11.6 Å². The van der Waals surface area contributed by atoms with Gasteiger partial charge < -0.3 is 14.4 Å². The summed E-state index contributed by atoms with van der Waals surface area (Å²) < 4.78 is 14.1. The fourth-order valence-electron chi connectivity index (χ4n) is 5.44. The fraction of sp³-hybridized carbons (Fsp3) is 0.394. The Balaban J connectivity index is 1.49. The maximum atomic E-state index is 14.2. The highest BCUT2D eigenvalue weighted by Crippen LogP contribution is 2.25. The molecule has 1 fully saturated rings. The summed E-state index contributed by atoms with van der Waals surface area (Å²) in [6, 6.07) is 5.26. The van der Waals surface area contributed by atoms with E-state index in [1.165, 1.54) is 4.57 Å². The molecule has 2 amide bonds. The Morgan fingerprint density at radius 2 is 1.65 bits per heavy atom. The average Bonchev–Trinajstić information content (AvgIpc) is 3.10. The molecular formula is C33H39N8O5S2+. The Hall–Kier alpha value is -4.34. The van der Waals surface area contributed by atoms with Crippen molar-refractivity contribution in [2.24, 2.45) is 9.98 Å². The van der Waals surface area contributed by atoms with E-state index in [1.54, 1.807) is 73.7 Å². The molecule has 5 rings (SSSR count). The lowest BCUT2D eigenvalue weighted by atomic mass is 10.1. The number of thiol groups is 2. The van der Waals surface area contributed by atoms with Crippen LogP contribution in [0.2, 0.25) is 0 Å². The Bertz CT molecular complexity index is 1830. The Morgan fingerprint density at radius 1 is 0.958 bits per heavy atom. The number of hydrogen-bond acceptors (Lipinski definition) is 11. The van der Waals surface area contributed by atoms with Crippen molar-refractivity contribution in [2.75, 3.05) is 58.4 Å². The predicted molar refractivity (Wildman–Crippen MR) is 191 cm³/mol. The van der Waals surface area contributed by atoms with E-state index in [1.807, 2.05) is 4.90 Å². The van der Waals surface area contributed by atoms with Crippen LogP contribution in [0.1, 0.15) is 19.3 Å². The van der Waals surface area contributed by atoms with E-state index in [2.05, 4.69) is 45.1 Å². The number of aryl methyl sites for hydroxylation is 1. The van der Waals surface area contributed by atoms with E-state index in [-0.39, 0.29) is 29.9 Å². The summed E-state index contributed by atoms with van der Waals surface area (Å²) in [6.07, 6.45) is 11.6. The first-order valence-electron chi connectivity index (χ1n) is 15.7. The van der Waals surface area contributed by atoms with Gasteiger partial charge in [0, 0.05) is 70.0 Å². The van der Waals surface area contributed by atoms with Crippen molar-refractivity contribution in [3.63, 3.8) is 0 Å². The van der Waals surface area contributed by atoms with E-state index in [0.29, 0.717) is 83.6 Å². The lowest BCUT2D eigenvalue weighted by molar-refractivity contribution is -0.691. The minimum Gasteiger partial charge on any atom is -0.496 e. The van der Waals surface area contributed by atoms with Crippen molar-refractivity contribution in [3.05, 3.63) is 65.4 Å². The normalized spacial score (nSPS) is 16.6. The molecule has 1 aromatic carbocycles. The highest BCUT2D eigenvalue weighted by molar-refractivity contribution is 7.80. The molecule has 0 spiro atoms. The molecule has 0 N–H and O–H groups in total. The van der Waals surface area contributed by atoms with Crippen molar-refractivity contribution >= 4 is 65.5 Å². The maximum absolute atomic E-state index is 14.2. The highest BCUT2D eigenvalue weighted by atomic mass is 32.1. The summed E-state index contributed by atoms with van der Waals surface area (Å²) in [6.45, 7) is 3.98. The molecule has 0 saturated carbocycles. The van der Waals surface area contributed by atoms with E-state index >= 15 is 0 Å². The SMILES string of the molecule is COc1cc(OC)cc(-n2cc3cnc(/N=C4/C=CC=CC4=NC(=O)CCS)nc3[n+](CCCN3CCN(C(=O)CCS)CC3)c2=O)c1. The second-order valence-electron chi connectivity index (χ2n) is 11.1. The van der Waals surface area contributed by atoms with Crippen molar-refractivity contribution in [1.82, 2.24) is 24.3 Å². The molecule has 0 bridgehead atoms. The molecule has 15 heteroatoms. The summed E-state index contributed by atoms with van der Waals surface area (Å²) in [5.74, 6) is 1.97. The van der Waals surface area contributed by atoms with Gasteiger partial charge in [-0.15, -0.1) is 0 Å². The number of amides is 2. The van der Waals surface area contributed by atoms with E-state index in [9.17, 15) is 14.4 Å². The number of carbonyl (C=O) groups is 2. The zero-order chi connectivity index (χ0) is 34.0. The molecule has 3 aromatic rings. The van der Waals surface area contributed by atoms with Crippen molar-refractivity contribution < 1.29 is 23.6 Å². The van der Waals surface area contributed by atoms with Gasteiger partial charge in [-0.3, -0.25) is 14.5 Å². The quantitative estimate of drug-likeness (QED) is 0.168. The van der Waals surface area contributed by atoms with Gasteiger partial charge in [-0.2, -0.15) is 39.4 Å². The van der Waals surface area contributed by atoms with Crippen LogP contribution in [0.15, 0.2) is 69.7 Å². The van der Waals surface area contributed by atoms with Gasteiger partial charge in [-0.05, 0) is 30.1 Å².